The second-order valence-corrected chi connectivity index (χ2v) is 6.05. The topological polar surface area (TPSA) is 32.3 Å². The van der Waals surface area contributed by atoms with Gasteiger partial charge in [-0.2, -0.15) is 0 Å². The molecule has 1 aliphatic rings. The number of nitrogens with zero attached hydrogens (tertiary/aromatic N) is 1. The number of piperidine rings is 1. The average molecular weight is 288 g/mol. The Morgan fingerprint density at radius 1 is 1.29 bits per heavy atom. The normalized spacial score (nSPS) is 15.9. The van der Waals surface area contributed by atoms with Gasteiger partial charge in [-0.25, -0.2) is 0 Å². The molecule has 1 saturated heterocycles. The van der Waals surface area contributed by atoms with Crippen molar-refractivity contribution in [2.75, 3.05) is 26.2 Å². The van der Waals surface area contributed by atoms with Crippen molar-refractivity contribution < 1.29 is 4.79 Å². The average Bonchev–Trinajstić information content (AvgIpc) is 2.52. The van der Waals surface area contributed by atoms with Gasteiger partial charge in [0.05, 0.1) is 0 Å². The molecule has 0 bridgehead atoms. The Labute approximate surface area is 128 Å². The van der Waals surface area contributed by atoms with Crippen LogP contribution < -0.4 is 5.32 Å². The number of carbonyl (C=O) groups excluding carboxylic acids is 1. The van der Waals surface area contributed by atoms with E-state index >= 15 is 0 Å². The van der Waals surface area contributed by atoms with E-state index in [1.165, 1.54) is 24.0 Å². The van der Waals surface area contributed by atoms with E-state index in [0.29, 0.717) is 18.2 Å². The standard InChI is InChI=1S/C18H28N2O/c1-3-20(14-16-10-12-19-13-11-16)18(21)9-8-17-7-5-4-6-15(17)2/h4-7,16,19H,3,8-14H2,1-2H3. The Bertz CT molecular complexity index is 452. The highest BCUT2D eigenvalue weighted by Crippen LogP contribution is 2.15. The number of benzene rings is 1. The van der Waals surface area contributed by atoms with Gasteiger partial charge in [0.15, 0.2) is 0 Å². The first kappa shape index (κ1) is 16.0. The minimum absolute atomic E-state index is 0.305. The second kappa shape index (κ2) is 8.18. The SMILES string of the molecule is CCN(CC1CCNCC1)C(=O)CCc1ccccc1C. The number of nitrogens with one attached hydrogen (secondary N) is 1. The molecule has 116 valence electrons. The van der Waals surface area contributed by atoms with Gasteiger partial charge >= 0.3 is 0 Å². The van der Waals surface area contributed by atoms with Gasteiger partial charge in [-0.3, -0.25) is 4.79 Å². The zero-order valence-electron chi connectivity index (χ0n) is 13.4. The van der Waals surface area contributed by atoms with E-state index in [1.807, 2.05) is 4.90 Å². The third-order valence-corrected chi connectivity index (χ3v) is 4.54. The second-order valence-electron chi connectivity index (χ2n) is 6.05. The van der Waals surface area contributed by atoms with Crippen molar-refractivity contribution in [3.05, 3.63) is 35.4 Å². The van der Waals surface area contributed by atoms with E-state index in [0.717, 1.165) is 32.6 Å². The first-order valence-corrected chi connectivity index (χ1v) is 8.23. The summed E-state index contributed by atoms with van der Waals surface area (Å²) in [6.07, 6.45) is 3.88. The van der Waals surface area contributed by atoms with Gasteiger partial charge in [0, 0.05) is 19.5 Å². The minimum atomic E-state index is 0.305. The molecule has 0 aliphatic carbocycles. The van der Waals surface area contributed by atoms with Crippen LogP contribution in [-0.4, -0.2) is 37.0 Å². The molecular formula is C18H28N2O. The lowest BCUT2D eigenvalue weighted by Gasteiger charge is -2.29. The maximum Gasteiger partial charge on any atom is 0.222 e. The van der Waals surface area contributed by atoms with E-state index in [1.54, 1.807) is 0 Å². The summed E-state index contributed by atoms with van der Waals surface area (Å²) in [6, 6.07) is 8.35. The first-order valence-electron chi connectivity index (χ1n) is 8.23. The maximum absolute atomic E-state index is 12.4. The molecule has 0 aromatic heterocycles. The van der Waals surface area contributed by atoms with E-state index in [-0.39, 0.29) is 0 Å². The zero-order valence-corrected chi connectivity index (χ0v) is 13.4. The van der Waals surface area contributed by atoms with Crippen molar-refractivity contribution in [3.8, 4) is 0 Å². The van der Waals surface area contributed by atoms with Gasteiger partial charge in [-0.05, 0) is 63.2 Å². The lowest BCUT2D eigenvalue weighted by atomic mass is 9.97. The van der Waals surface area contributed by atoms with Crippen LogP contribution in [0.2, 0.25) is 0 Å². The zero-order chi connectivity index (χ0) is 15.1. The smallest absolute Gasteiger partial charge is 0.222 e. The van der Waals surface area contributed by atoms with Gasteiger partial charge in [0.25, 0.3) is 0 Å². The molecule has 0 spiro atoms. The van der Waals surface area contributed by atoms with Gasteiger partial charge in [-0.1, -0.05) is 24.3 Å². The molecule has 1 aliphatic heterocycles. The third-order valence-electron chi connectivity index (χ3n) is 4.54. The molecule has 0 radical (unpaired) electrons. The van der Waals surface area contributed by atoms with Crippen LogP contribution in [0.4, 0.5) is 0 Å². The number of rotatable bonds is 6. The fourth-order valence-corrected chi connectivity index (χ4v) is 3.07. The van der Waals surface area contributed by atoms with Crippen LogP contribution >= 0.6 is 0 Å². The van der Waals surface area contributed by atoms with Crippen LogP contribution in [0.25, 0.3) is 0 Å². The highest BCUT2D eigenvalue weighted by atomic mass is 16.2. The molecule has 1 N–H and O–H groups in total. The molecule has 2 rings (SSSR count). The van der Waals surface area contributed by atoms with Crippen LogP contribution in [0.15, 0.2) is 24.3 Å². The summed E-state index contributed by atoms with van der Waals surface area (Å²) in [7, 11) is 0. The number of aryl methyl sites for hydroxylation is 2. The molecule has 0 atom stereocenters. The summed E-state index contributed by atoms with van der Waals surface area (Å²) in [6.45, 7) is 8.17. The molecule has 0 unspecified atom stereocenters. The molecule has 1 aromatic carbocycles. The number of amides is 1. The quantitative estimate of drug-likeness (QED) is 0.873. The lowest BCUT2D eigenvalue weighted by molar-refractivity contribution is -0.131. The Hall–Kier alpha value is -1.35. The largest absolute Gasteiger partial charge is 0.343 e. The Kier molecular flexibility index (Phi) is 6.24. The summed E-state index contributed by atoms with van der Waals surface area (Å²) in [5.41, 5.74) is 2.58. The Morgan fingerprint density at radius 3 is 2.67 bits per heavy atom. The fraction of sp³-hybridized carbons (Fsp3) is 0.611. The summed E-state index contributed by atoms with van der Waals surface area (Å²) in [5, 5.41) is 3.38. The summed E-state index contributed by atoms with van der Waals surface area (Å²) in [4.78, 5) is 14.5. The first-order chi connectivity index (χ1) is 10.2. The number of hydrogen-bond donors (Lipinski definition) is 1. The van der Waals surface area contributed by atoms with E-state index < -0.39 is 0 Å². The predicted octanol–water partition coefficient (Wildman–Crippen LogP) is 2.78. The number of hydrogen-bond acceptors (Lipinski definition) is 2. The molecule has 21 heavy (non-hydrogen) atoms. The molecular weight excluding hydrogens is 260 g/mol. The van der Waals surface area contributed by atoms with E-state index in [4.69, 9.17) is 0 Å². The summed E-state index contributed by atoms with van der Waals surface area (Å²) in [5.74, 6) is 0.980. The van der Waals surface area contributed by atoms with Gasteiger partial charge in [0.1, 0.15) is 0 Å². The molecule has 1 fully saturated rings. The van der Waals surface area contributed by atoms with Crippen molar-refractivity contribution in [2.24, 2.45) is 5.92 Å². The van der Waals surface area contributed by atoms with Crippen molar-refractivity contribution in [1.29, 1.82) is 0 Å². The minimum Gasteiger partial charge on any atom is -0.343 e. The van der Waals surface area contributed by atoms with Crippen molar-refractivity contribution in [1.82, 2.24) is 10.2 Å². The molecule has 1 heterocycles. The van der Waals surface area contributed by atoms with Crippen LogP contribution in [-0.2, 0) is 11.2 Å². The fourth-order valence-electron chi connectivity index (χ4n) is 3.07. The van der Waals surface area contributed by atoms with Crippen molar-refractivity contribution in [3.63, 3.8) is 0 Å². The van der Waals surface area contributed by atoms with Crippen molar-refractivity contribution >= 4 is 5.91 Å². The maximum atomic E-state index is 12.4. The van der Waals surface area contributed by atoms with Gasteiger partial charge in [-0.15, -0.1) is 0 Å². The van der Waals surface area contributed by atoms with E-state index in [9.17, 15) is 4.79 Å². The molecule has 3 nitrogen and oxygen atoms in total. The lowest BCUT2D eigenvalue weighted by Crippen LogP contribution is -2.39. The Morgan fingerprint density at radius 2 is 2.00 bits per heavy atom. The van der Waals surface area contributed by atoms with E-state index in [2.05, 4.69) is 43.4 Å². The highest BCUT2D eigenvalue weighted by molar-refractivity contribution is 5.76. The summed E-state index contributed by atoms with van der Waals surface area (Å²) < 4.78 is 0. The predicted molar refractivity (Wildman–Crippen MR) is 87.3 cm³/mol. The summed E-state index contributed by atoms with van der Waals surface area (Å²) >= 11 is 0. The third kappa shape index (κ3) is 4.85. The molecule has 1 amide bonds. The van der Waals surface area contributed by atoms with Crippen molar-refractivity contribution in [2.45, 2.75) is 39.5 Å². The molecule has 0 saturated carbocycles. The van der Waals surface area contributed by atoms with Gasteiger partial charge in [0.2, 0.25) is 5.91 Å². The van der Waals surface area contributed by atoms with Crippen LogP contribution in [0.1, 0.15) is 37.3 Å². The Balaban J connectivity index is 1.83. The highest BCUT2D eigenvalue weighted by Gasteiger charge is 2.19. The van der Waals surface area contributed by atoms with Crippen LogP contribution in [0, 0.1) is 12.8 Å². The number of carbonyl (C=O) groups is 1. The van der Waals surface area contributed by atoms with Gasteiger partial charge < -0.3 is 10.2 Å². The van der Waals surface area contributed by atoms with Crippen LogP contribution in [0.3, 0.4) is 0 Å². The molecule has 1 aromatic rings. The molecule has 3 heteroatoms. The van der Waals surface area contributed by atoms with Crippen LogP contribution in [0.5, 0.6) is 0 Å². The monoisotopic (exact) mass is 288 g/mol.